The lowest BCUT2D eigenvalue weighted by molar-refractivity contribution is -0.118. The van der Waals surface area contributed by atoms with E-state index >= 15 is 0 Å². The molecule has 3 heterocycles. The lowest BCUT2D eigenvalue weighted by atomic mass is 9.93. The molecule has 15 nitrogen and oxygen atoms in total. The van der Waals surface area contributed by atoms with Crippen molar-refractivity contribution < 1.29 is 39.6 Å². The standard InChI is InChI=1S/2C19H26N2O3S2.C18H23ClN2O3S2/c1-12-8-10-14(11-9-12)26(23,24)19(6,7)16(22)21-17-20-13(2)15(25-17)18(3,4)5;1-12-10-8-9-11-14(12)26(23,24)19(6,7)16(22)21-17-20-13(2)15(25-17)18(3,4)5;1-11-14(17(2,3)4)25-16(20-11)21-15(22)18(5,6)26(23,24)13-9-7-12(19)8-10-13/h2*8-11H,1-7H3,(H,20,21,22);7-10H,1-6H3,(H,20,21,22). The Hall–Kier alpha value is -4.90. The van der Waals surface area contributed by atoms with Gasteiger partial charge in [0.1, 0.15) is 14.2 Å². The molecule has 3 N–H and O–H groups in total. The maximum atomic E-state index is 13.1. The molecule has 0 bridgehead atoms. The van der Waals surface area contributed by atoms with E-state index in [4.69, 9.17) is 11.6 Å². The minimum absolute atomic E-state index is 0.0488. The topological polar surface area (TPSA) is 228 Å². The number of halogens is 1. The van der Waals surface area contributed by atoms with Crippen molar-refractivity contribution in [1.82, 2.24) is 15.0 Å². The molecule has 0 aliphatic heterocycles. The maximum absolute atomic E-state index is 13.1. The van der Waals surface area contributed by atoms with Gasteiger partial charge in [0.15, 0.2) is 44.9 Å². The molecule has 0 spiro atoms. The molecule has 0 radical (unpaired) electrons. The van der Waals surface area contributed by atoms with E-state index in [9.17, 15) is 39.6 Å². The van der Waals surface area contributed by atoms with Gasteiger partial charge in [-0.25, -0.2) is 40.2 Å². The average Bonchev–Trinajstić information content (AvgIpc) is 4.01. The Kier molecular flexibility index (Phi) is 19.9. The monoisotopic (exact) mass is 1200 g/mol. The summed E-state index contributed by atoms with van der Waals surface area (Å²) in [4.78, 5) is 55.0. The van der Waals surface area contributed by atoms with Crippen LogP contribution in [0, 0.1) is 34.6 Å². The minimum atomic E-state index is -3.90. The zero-order valence-corrected chi connectivity index (χ0v) is 53.9. The highest BCUT2D eigenvalue weighted by molar-refractivity contribution is 7.94. The summed E-state index contributed by atoms with van der Waals surface area (Å²) in [6, 6.07) is 19.0. The first-order valence-corrected chi connectivity index (χ1v) is 32.1. The van der Waals surface area contributed by atoms with Gasteiger partial charge in [0, 0.05) is 19.7 Å². The largest absolute Gasteiger partial charge is 0.301 e. The van der Waals surface area contributed by atoms with Crippen LogP contribution in [0.4, 0.5) is 15.4 Å². The quantitative estimate of drug-likeness (QED) is 0.104. The van der Waals surface area contributed by atoms with E-state index in [-0.39, 0.29) is 30.9 Å². The van der Waals surface area contributed by atoms with E-state index in [0.717, 1.165) is 37.3 Å². The van der Waals surface area contributed by atoms with E-state index in [0.29, 0.717) is 26.0 Å². The molecule has 0 aliphatic rings. The predicted octanol–water partition coefficient (Wildman–Crippen LogP) is 13.1. The normalized spacial score (nSPS) is 12.9. The number of aromatic nitrogens is 3. The van der Waals surface area contributed by atoms with Gasteiger partial charge in [0.05, 0.1) is 31.8 Å². The molecule has 0 fully saturated rings. The molecule has 6 rings (SSSR count). The van der Waals surface area contributed by atoms with E-state index in [1.54, 1.807) is 37.3 Å². The molecule has 0 unspecified atom stereocenters. The van der Waals surface area contributed by atoms with E-state index in [1.165, 1.54) is 118 Å². The van der Waals surface area contributed by atoms with Crippen molar-refractivity contribution in [3.63, 3.8) is 0 Å². The van der Waals surface area contributed by atoms with Crippen LogP contribution in [-0.4, -0.2) is 72.2 Å². The Labute approximate surface area is 479 Å². The number of amides is 3. The number of benzene rings is 3. The molecule has 6 aromatic rings. The molecule has 3 aromatic heterocycles. The molecule has 3 aromatic carbocycles. The number of anilines is 3. The van der Waals surface area contributed by atoms with Crippen molar-refractivity contribution in [2.45, 2.75) is 184 Å². The Morgan fingerprint density at radius 3 is 0.987 bits per heavy atom. The van der Waals surface area contributed by atoms with E-state index in [1.807, 2.05) is 27.7 Å². The second-order valence-electron chi connectivity index (χ2n) is 23.5. The number of carbonyl (C=O) groups excluding carboxylic acids is 3. The first-order valence-electron chi connectivity index (χ1n) is 24.8. The second-order valence-corrected chi connectivity index (χ2v) is 34.4. The smallest absolute Gasteiger partial charge is 0.247 e. The van der Waals surface area contributed by atoms with Gasteiger partial charge >= 0.3 is 0 Å². The first-order chi connectivity index (χ1) is 35.3. The van der Waals surface area contributed by atoms with Crippen LogP contribution in [0.25, 0.3) is 0 Å². The minimum Gasteiger partial charge on any atom is -0.301 e. The fraction of sp³-hybridized carbons (Fsp3) is 0.464. The zero-order valence-electron chi connectivity index (χ0n) is 48.3. The summed E-state index contributed by atoms with van der Waals surface area (Å²) in [5.41, 5.74) is 3.82. The molecule has 78 heavy (non-hydrogen) atoms. The highest BCUT2D eigenvalue weighted by Gasteiger charge is 2.46. The number of nitrogens with zero attached hydrogens (tertiary/aromatic N) is 3. The number of hydrogen-bond acceptors (Lipinski definition) is 15. The second kappa shape index (κ2) is 23.7. The third-order valence-electron chi connectivity index (χ3n) is 12.6. The van der Waals surface area contributed by atoms with Gasteiger partial charge in [-0.15, -0.1) is 34.0 Å². The third kappa shape index (κ3) is 14.5. The molecule has 0 aliphatic carbocycles. The van der Waals surface area contributed by atoms with Crippen LogP contribution >= 0.6 is 45.6 Å². The number of carbonyl (C=O) groups is 3. The molecule has 426 valence electrons. The van der Waals surface area contributed by atoms with Gasteiger partial charge in [0.25, 0.3) is 0 Å². The van der Waals surface area contributed by atoms with Crippen molar-refractivity contribution in [3.05, 3.63) is 121 Å². The van der Waals surface area contributed by atoms with E-state index in [2.05, 4.69) is 93.2 Å². The van der Waals surface area contributed by atoms with Crippen LogP contribution in [0.3, 0.4) is 0 Å². The Bertz CT molecular complexity index is 3370. The van der Waals surface area contributed by atoms with Gasteiger partial charge in [-0.2, -0.15) is 0 Å². The van der Waals surface area contributed by atoms with Gasteiger partial charge in [-0.3, -0.25) is 14.4 Å². The van der Waals surface area contributed by atoms with Crippen LogP contribution in [-0.2, 0) is 60.1 Å². The lowest BCUT2D eigenvalue weighted by Gasteiger charge is -2.24. The zero-order chi connectivity index (χ0) is 59.7. The Morgan fingerprint density at radius 1 is 0.423 bits per heavy atom. The number of nitrogens with one attached hydrogen (secondary N) is 3. The summed E-state index contributed by atoms with van der Waals surface area (Å²) in [5.74, 6) is -1.80. The Morgan fingerprint density at radius 2 is 0.705 bits per heavy atom. The van der Waals surface area contributed by atoms with Gasteiger partial charge < -0.3 is 16.0 Å². The number of hydrogen-bond donors (Lipinski definition) is 3. The summed E-state index contributed by atoms with van der Waals surface area (Å²) < 4.78 is 72.9. The number of sulfone groups is 3. The molecule has 0 atom stereocenters. The van der Waals surface area contributed by atoms with Crippen molar-refractivity contribution in [3.8, 4) is 0 Å². The van der Waals surface area contributed by atoms with E-state index < -0.39 is 61.5 Å². The van der Waals surface area contributed by atoms with Crippen LogP contribution in [0.1, 0.15) is 147 Å². The summed E-state index contributed by atoms with van der Waals surface area (Å²) in [5, 5.41) is 9.73. The molecule has 3 amide bonds. The van der Waals surface area contributed by atoms with Crippen molar-refractivity contribution in [1.29, 1.82) is 0 Å². The Balaban J connectivity index is 0.000000252. The van der Waals surface area contributed by atoms with Crippen LogP contribution in [0.15, 0.2) is 87.5 Å². The number of thiazole rings is 3. The molecular weight excluding hydrogens is 1130 g/mol. The third-order valence-corrected chi connectivity index (χ3v) is 24.7. The number of aryl methyl sites for hydroxylation is 5. The molecule has 0 saturated heterocycles. The molecule has 0 saturated carbocycles. The summed E-state index contributed by atoms with van der Waals surface area (Å²) in [6.07, 6.45) is 0. The summed E-state index contributed by atoms with van der Waals surface area (Å²) >= 11 is 9.95. The summed E-state index contributed by atoms with van der Waals surface area (Å²) in [7, 11) is -11.6. The first kappa shape index (κ1) is 65.6. The molecular formula is C56H75ClN6O9S6. The van der Waals surface area contributed by atoms with Crippen molar-refractivity contribution in [2.24, 2.45) is 0 Å². The van der Waals surface area contributed by atoms with Gasteiger partial charge in [-0.05, 0) is 140 Å². The van der Waals surface area contributed by atoms with Crippen molar-refractivity contribution in [2.75, 3.05) is 16.0 Å². The van der Waals surface area contributed by atoms with Gasteiger partial charge in [-0.1, -0.05) is 110 Å². The van der Waals surface area contributed by atoms with Gasteiger partial charge in [0.2, 0.25) is 17.7 Å². The fourth-order valence-corrected chi connectivity index (χ4v) is 15.1. The highest BCUT2D eigenvalue weighted by atomic mass is 35.5. The SMILES string of the molecule is Cc1ccc(S(=O)(=O)C(C)(C)C(=O)Nc2nc(C)c(C(C)(C)C)s2)cc1.Cc1ccccc1S(=O)(=O)C(C)(C)C(=O)Nc1nc(C)c(C(C)(C)C)s1.Cc1nc(NC(=O)C(C)(C)S(=O)(=O)c2ccc(Cl)cc2)sc1C(C)(C)C. The maximum Gasteiger partial charge on any atom is 0.247 e. The number of rotatable bonds is 12. The predicted molar refractivity (Wildman–Crippen MR) is 320 cm³/mol. The highest BCUT2D eigenvalue weighted by Crippen LogP contribution is 2.38. The lowest BCUT2D eigenvalue weighted by Crippen LogP contribution is -2.44. The average molecular weight is 1200 g/mol. The van der Waals surface area contributed by atoms with Crippen LogP contribution in [0.2, 0.25) is 5.02 Å². The van der Waals surface area contributed by atoms with Crippen LogP contribution < -0.4 is 16.0 Å². The fourth-order valence-electron chi connectivity index (χ4n) is 7.60. The summed E-state index contributed by atoms with van der Waals surface area (Å²) in [6.45, 7) is 36.4. The molecule has 22 heteroatoms. The van der Waals surface area contributed by atoms with Crippen LogP contribution in [0.5, 0.6) is 0 Å². The van der Waals surface area contributed by atoms with Crippen molar-refractivity contribution >= 4 is 108 Å².